The number of hydrogen-bond donors (Lipinski definition) is 0. The zero-order valence-corrected chi connectivity index (χ0v) is 29.0. The Balaban J connectivity index is 0.00000169. The summed E-state index contributed by atoms with van der Waals surface area (Å²) in [5.74, 6) is 0.829. The summed E-state index contributed by atoms with van der Waals surface area (Å²) < 4.78 is 98.9. The molecule has 0 amide bonds. The summed E-state index contributed by atoms with van der Waals surface area (Å²) in [5.41, 5.74) is 4.50. The number of para-hydroxylation sites is 1. The summed E-state index contributed by atoms with van der Waals surface area (Å²) in [7, 11) is -7.83. The van der Waals surface area contributed by atoms with E-state index in [1.54, 1.807) is 0 Å². The number of benzene rings is 2. The molecule has 1 aromatic heterocycles. The van der Waals surface area contributed by atoms with E-state index >= 15 is 0 Å². The molecule has 0 atom stereocenters. The second-order valence-electron chi connectivity index (χ2n) is 9.60. The number of hydrogen-bond acceptors (Lipinski definition) is 15. The van der Waals surface area contributed by atoms with Gasteiger partial charge in [0.25, 0.3) is 0 Å². The Labute approximate surface area is 301 Å². The molecule has 1 N–H and O–H groups in total. The number of pyridine rings is 1. The monoisotopic (exact) mass is 729 g/mol. The molecular weight excluding hydrogens is 690 g/mol. The Kier molecular flexibility index (Phi) is 23.8. The van der Waals surface area contributed by atoms with Crippen molar-refractivity contribution in [3.63, 3.8) is 0 Å². The molecule has 0 fully saturated rings. The standard InChI is InChI=1S/C30H39N2O5.2ClHO4.Li.H2O/c1-3-32-27(12-10-26-6-4-5-7-28(26)32)11-8-25-9-13-29-30(24-25)37-23-22-36-21-20-35-19-18-34-17-16-33-15-14-31(29)2;2*2-1(3,4)5;;/h4-13,24H,3,14-23H2,1-2H3;2*(H,2,3,4,5);;1H2/q+1;;;+1;/p-3. The third kappa shape index (κ3) is 21.6. The van der Waals surface area contributed by atoms with Crippen molar-refractivity contribution < 1.29 is 110 Å². The van der Waals surface area contributed by atoms with Crippen LogP contribution < -0.4 is 70.3 Å². The molecule has 2 aromatic carbocycles. The summed E-state index contributed by atoms with van der Waals surface area (Å²) in [6.07, 6.45) is 4.31. The maximum Gasteiger partial charge on any atom is 1.00 e. The van der Waals surface area contributed by atoms with Crippen molar-refractivity contribution in [2.24, 2.45) is 0 Å². The second kappa shape index (κ2) is 24.9. The first-order chi connectivity index (χ1) is 22.3. The van der Waals surface area contributed by atoms with Gasteiger partial charge < -0.3 is 34.1 Å². The Morgan fingerprint density at radius 1 is 0.694 bits per heavy atom. The van der Waals surface area contributed by atoms with Crippen molar-refractivity contribution in [1.82, 2.24) is 0 Å². The van der Waals surface area contributed by atoms with Crippen molar-refractivity contribution in [3.05, 3.63) is 65.9 Å². The van der Waals surface area contributed by atoms with Gasteiger partial charge in [-0.2, -0.15) is 4.57 Å². The number of fused-ring (bicyclic) bond motifs is 2. The van der Waals surface area contributed by atoms with Crippen LogP contribution in [0.5, 0.6) is 5.75 Å². The molecule has 16 nitrogen and oxygen atoms in total. The van der Waals surface area contributed by atoms with Gasteiger partial charge in [0, 0.05) is 37.2 Å². The van der Waals surface area contributed by atoms with Crippen LogP contribution in [0.15, 0.2) is 54.6 Å². The van der Waals surface area contributed by atoms with Crippen LogP contribution in [0, 0.1) is 20.5 Å². The maximum absolute atomic E-state index is 8.49. The van der Waals surface area contributed by atoms with E-state index in [4.69, 9.17) is 61.0 Å². The fraction of sp³-hybridized carbons (Fsp3) is 0.433. The molecule has 2 heterocycles. The first-order valence-electron chi connectivity index (χ1n) is 14.4. The Morgan fingerprint density at radius 3 is 1.76 bits per heavy atom. The van der Waals surface area contributed by atoms with Gasteiger partial charge >= 0.3 is 18.9 Å². The molecular formula is C30H40Cl2LiN2O14-. The summed E-state index contributed by atoms with van der Waals surface area (Å²) in [5, 5.41) is 1.24. The van der Waals surface area contributed by atoms with Gasteiger partial charge in [0.2, 0.25) is 11.2 Å². The minimum Gasteiger partial charge on any atom is -0.870 e. The minimum absolute atomic E-state index is 0. The predicted octanol–water partition coefficient (Wildman–Crippen LogP) is -8.47. The third-order valence-electron chi connectivity index (χ3n) is 6.30. The number of ether oxygens (including phenoxy) is 5. The Hall–Kier alpha value is -2.15. The summed E-state index contributed by atoms with van der Waals surface area (Å²) in [4.78, 5) is 2.16. The zero-order chi connectivity index (χ0) is 34.7. The number of aromatic nitrogens is 1. The van der Waals surface area contributed by atoms with Crippen LogP contribution >= 0.6 is 0 Å². The van der Waals surface area contributed by atoms with E-state index in [1.807, 2.05) is 0 Å². The van der Waals surface area contributed by atoms with Gasteiger partial charge in [-0.1, -0.05) is 18.2 Å². The molecule has 19 heteroatoms. The van der Waals surface area contributed by atoms with E-state index in [9.17, 15) is 0 Å². The van der Waals surface area contributed by atoms with Gasteiger partial charge in [0.1, 0.15) is 18.9 Å². The zero-order valence-electron chi connectivity index (χ0n) is 27.5. The summed E-state index contributed by atoms with van der Waals surface area (Å²) >= 11 is 0. The van der Waals surface area contributed by atoms with Gasteiger partial charge in [0.05, 0.1) is 58.5 Å². The summed E-state index contributed by atoms with van der Waals surface area (Å²) in [6, 6.07) is 19.2. The minimum atomic E-state index is -4.94. The fourth-order valence-electron chi connectivity index (χ4n) is 4.32. The number of likely N-dealkylation sites (N-methyl/N-ethyl adjacent to an activating group) is 1. The predicted molar refractivity (Wildman–Crippen MR) is 149 cm³/mol. The SMILES string of the molecule is CC[n+]1c(/C=C/c2ccc3c(c2)OCCOCCOCCOCCOCCN3C)ccc2ccccc21.[Li+].[O-][Cl+3]([O-])([O-])[O-].[O-][Cl+3]([O-])([O-])[O-].[OH-]. The van der Waals surface area contributed by atoms with Crippen molar-refractivity contribution in [3.8, 4) is 5.75 Å². The van der Waals surface area contributed by atoms with Gasteiger partial charge in [-0.05, 0) is 42.8 Å². The van der Waals surface area contributed by atoms with Crippen LogP contribution in [0.2, 0.25) is 0 Å². The molecule has 4 rings (SSSR count). The molecule has 49 heavy (non-hydrogen) atoms. The van der Waals surface area contributed by atoms with E-state index in [-0.39, 0.29) is 24.3 Å². The van der Waals surface area contributed by atoms with Crippen molar-refractivity contribution in [1.29, 1.82) is 0 Å². The fourth-order valence-corrected chi connectivity index (χ4v) is 4.32. The largest absolute Gasteiger partial charge is 1.00 e. The molecule has 0 aliphatic carbocycles. The first-order valence-corrected chi connectivity index (χ1v) is 16.8. The van der Waals surface area contributed by atoms with Crippen LogP contribution in [-0.2, 0) is 25.5 Å². The van der Waals surface area contributed by atoms with Gasteiger partial charge in [-0.3, -0.25) is 0 Å². The number of halogens is 2. The quantitative estimate of drug-likeness (QED) is 0.179. The van der Waals surface area contributed by atoms with Crippen LogP contribution in [0.1, 0.15) is 18.2 Å². The van der Waals surface area contributed by atoms with E-state index in [2.05, 4.69) is 90.2 Å². The van der Waals surface area contributed by atoms with Crippen molar-refractivity contribution in [2.45, 2.75) is 13.5 Å². The average molecular weight is 730 g/mol. The second-order valence-corrected chi connectivity index (χ2v) is 11.1. The van der Waals surface area contributed by atoms with E-state index in [0.717, 1.165) is 35.8 Å². The first kappa shape index (κ1) is 46.8. The van der Waals surface area contributed by atoms with Crippen LogP contribution in [0.25, 0.3) is 23.1 Å². The van der Waals surface area contributed by atoms with Crippen LogP contribution in [0.3, 0.4) is 0 Å². The van der Waals surface area contributed by atoms with Crippen molar-refractivity contribution >= 4 is 28.7 Å². The molecule has 0 bridgehead atoms. The number of anilines is 1. The number of aryl methyl sites for hydroxylation is 1. The van der Waals surface area contributed by atoms with Crippen molar-refractivity contribution in [2.75, 3.05) is 78.0 Å². The van der Waals surface area contributed by atoms with E-state index in [0.29, 0.717) is 59.5 Å². The molecule has 3 aromatic rings. The molecule has 0 radical (unpaired) electrons. The van der Waals surface area contributed by atoms with E-state index in [1.165, 1.54) is 10.9 Å². The molecule has 0 saturated heterocycles. The third-order valence-corrected chi connectivity index (χ3v) is 6.30. The number of rotatable bonds is 3. The average Bonchev–Trinajstić information content (AvgIpc) is 2.99. The number of nitrogens with zero attached hydrogens (tertiary/aromatic N) is 2. The Bertz CT molecular complexity index is 1340. The molecule has 0 unspecified atom stereocenters. The molecule has 270 valence electrons. The van der Waals surface area contributed by atoms with Crippen LogP contribution in [-0.4, -0.2) is 78.5 Å². The smallest absolute Gasteiger partial charge is 0.870 e. The molecule has 0 saturated carbocycles. The summed E-state index contributed by atoms with van der Waals surface area (Å²) in [6.45, 7) is 8.73. The van der Waals surface area contributed by atoms with Crippen LogP contribution in [0.4, 0.5) is 5.69 Å². The van der Waals surface area contributed by atoms with Gasteiger partial charge in [0.15, 0.2) is 0 Å². The molecule has 0 spiro atoms. The van der Waals surface area contributed by atoms with E-state index < -0.39 is 20.5 Å². The van der Waals surface area contributed by atoms with Gasteiger partial charge in [-0.15, -0.1) is 20.5 Å². The molecule has 1 aliphatic heterocycles. The maximum atomic E-state index is 8.49. The normalized spacial score (nSPS) is 15.4. The Morgan fingerprint density at radius 2 is 1.20 bits per heavy atom. The topological polar surface area (TPSA) is 268 Å². The molecule has 1 aliphatic rings. The van der Waals surface area contributed by atoms with Gasteiger partial charge in [-0.25, -0.2) is 37.3 Å².